The second-order valence-electron chi connectivity index (χ2n) is 17.1. The molecule has 1 aromatic rings. The molecule has 16 heteroatoms. The number of methoxy groups -OCH3 is 1. The lowest BCUT2D eigenvalue weighted by molar-refractivity contribution is -0.164. The Morgan fingerprint density at radius 1 is 0.915 bits per heavy atom. The molecule has 1 saturated heterocycles. The first-order chi connectivity index (χ1) is 27.7. The van der Waals surface area contributed by atoms with Gasteiger partial charge < -0.3 is 44.5 Å². The van der Waals surface area contributed by atoms with Gasteiger partial charge in [-0.05, 0) is 39.2 Å². The van der Waals surface area contributed by atoms with Crippen LogP contribution >= 0.6 is 0 Å². The van der Waals surface area contributed by atoms with Crippen molar-refractivity contribution in [2.45, 2.75) is 111 Å². The predicted molar refractivity (Wildman–Crippen MR) is 216 cm³/mol. The number of aromatic hydroxyl groups is 1. The van der Waals surface area contributed by atoms with E-state index in [1.165, 1.54) is 34.1 Å². The number of esters is 1. The van der Waals surface area contributed by atoms with Crippen molar-refractivity contribution >= 4 is 35.4 Å². The maximum absolute atomic E-state index is 14.7. The number of nitrogens with zero attached hydrogens (tertiary/aromatic N) is 3. The number of carbonyl (C=O) groups excluding carboxylic acids is 5. The van der Waals surface area contributed by atoms with Crippen LogP contribution in [0.15, 0.2) is 16.4 Å². The minimum absolute atomic E-state index is 0.0328. The monoisotopic (exact) mass is 826 g/mol. The standard InChI is InChI=1S/C43H62N4O12/c1-21-12-11-13-22(2)42(55)45-33-28(20-44-47-17-15-46(9)16-18-47)37(52)30-31(38(33)53)36(51)26(6)40-32(30)41(54)43(8,59-40)57-19-14-29(56-10)23(3)39(58-27(7)48)25(5)35(50)24(4)34(21)49/h20-25,29,34-35,39,49-51H,11-19H2,1-10H3,(H,45,55)/b44-20+. The molecule has 10 unspecified atom stereocenters. The zero-order valence-corrected chi connectivity index (χ0v) is 36.0. The molecule has 4 aliphatic heterocycles. The number of nitrogens with one attached hydrogen (secondary N) is 1. The Morgan fingerprint density at radius 3 is 2.20 bits per heavy atom. The fraction of sp³-hybridized carbons (Fsp3) is 0.674. The van der Waals surface area contributed by atoms with Crippen molar-refractivity contribution in [3.63, 3.8) is 0 Å². The van der Waals surface area contributed by atoms with Crippen molar-refractivity contribution in [2.24, 2.45) is 34.7 Å². The summed E-state index contributed by atoms with van der Waals surface area (Å²) in [5.74, 6) is -8.88. The van der Waals surface area contributed by atoms with Gasteiger partial charge in [0.05, 0.1) is 53.4 Å². The van der Waals surface area contributed by atoms with Crippen LogP contribution < -0.4 is 10.1 Å². The fourth-order valence-corrected chi connectivity index (χ4v) is 8.74. The van der Waals surface area contributed by atoms with Crippen LogP contribution in [0.25, 0.3) is 0 Å². The van der Waals surface area contributed by atoms with E-state index in [1.54, 1.807) is 25.8 Å². The van der Waals surface area contributed by atoms with E-state index in [2.05, 4.69) is 15.3 Å². The van der Waals surface area contributed by atoms with E-state index in [9.17, 15) is 39.3 Å². The van der Waals surface area contributed by atoms with Crippen molar-refractivity contribution < 1.29 is 58.2 Å². The molecule has 4 heterocycles. The topological polar surface area (TPSA) is 214 Å². The number of likely N-dealkylation sites (N-methyl/N-ethyl adjacent to an activating group) is 1. The average molecular weight is 827 g/mol. The highest BCUT2D eigenvalue weighted by Crippen LogP contribution is 2.48. The maximum atomic E-state index is 14.7. The Morgan fingerprint density at radius 2 is 1.58 bits per heavy atom. The zero-order valence-electron chi connectivity index (χ0n) is 36.0. The third-order valence-electron chi connectivity index (χ3n) is 12.8. The molecular formula is C43H62N4O12. The molecule has 5 bridgehead atoms. The first-order valence-electron chi connectivity index (χ1n) is 20.7. The number of Topliss-reactive ketones (excluding diaryl/α,β-unsaturated/α-hetero) is 3. The third-order valence-corrected chi connectivity index (χ3v) is 12.8. The van der Waals surface area contributed by atoms with Gasteiger partial charge in [0.25, 0.3) is 5.79 Å². The highest BCUT2D eigenvalue weighted by molar-refractivity contribution is 6.37. The number of ether oxygens (including phenoxy) is 4. The molecule has 5 aliphatic rings. The number of benzene rings is 1. The van der Waals surface area contributed by atoms with E-state index < -0.39 is 94.4 Å². The number of fused-ring (bicyclic) bond motifs is 17. The Hall–Kier alpha value is -4.22. The molecule has 0 spiro atoms. The smallest absolute Gasteiger partial charge is 0.302 e. The molecule has 6 rings (SSSR count). The number of rotatable bonds is 4. The van der Waals surface area contributed by atoms with Crippen molar-refractivity contribution in [1.29, 1.82) is 0 Å². The van der Waals surface area contributed by atoms with Gasteiger partial charge in [-0.2, -0.15) is 5.10 Å². The summed E-state index contributed by atoms with van der Waals surface area (Å²) in [6.45, 7) is 15.4. The molecule has 0 radical (unpaired) electrons. The fourth-order valence-electron chi connectivity index (χ4n) is 8.74. The van der Waals surface area contributed by atoms with Crippen LogP contribution in [-0.4, -0.2) is 138 Å². The van der Waals surface area contributed by atoms with Crippen LogP contribution in [0.5, 0.6) is 11.5 Å². The van der Waals surface area contributed by atoms with Crippen molar-refractivity contribution in [3.05, 3.63) is 33.5 Å². The summed E-state index contributed by atoms with van der Waals surface area (Å²) in [6, 6.07) is 0. The first-order valence-corrected chi connectivity index (χ1v) is 20.7. The molecule has 1 aromatic carbocycles. The van der Waals surface area contributed by atoms with Gasteiger partial charge in [0, 0.05) is 76.4 Å². The number of phenolic OH excluding ortho intramolecular Hbond substituents is 1. The Bertz CT molecular complexity index is 1870. The first kappa shape index (κ1) is 45.9. The molecule has 326 valence electrons. The van der Waals surface area contributed by atoms with Gasteiger partial charge in [-0.15, -0.1) is 0 Å². The summed E-state index contributed by atoms with van der Waals surface area (Å²) in [5, 5.41) is 43.5. The molecule has 1 amide bonds. The number of hydrogen-bond donors (Lipinski definition) is 4. The zero-order chi connectivity index (χ0) is 43.7. The lowest BCUT2D eigenvalue weighted by atomic mass is 9.77. The van der Waals surface area contributed by atoms with Crippen LogP contribution in [0.2, 0.25) is 0 Å². The van der Waals surface area contributed by atoms with Crippen LogP contribution in [0.3, 0.4) is 0 Å². The van der Waals surface area contributed by atoms with Crippen LogP contribution in [0, 0.1) is 36.5 Å². The SMILES string of the molecule is COC1CCOC2(C)Oc3c(C)c(O)c4c(c3C2=O)C(=O)C(/C=N/N2CCN(C)CC2)=C(NC(=O)C(C)CCCC(C)C(O)C(C)C(O)C(C)C(OC(C)=O)C1C)C4=O. The molecule has 10 atom stereocenters. The lowest BCUT2D eigenvalue weighted by Crippen LogP contribution is -2.47. The second kappa shape index (κ2) is 18.6. The normalized spacial score (nSPS) is 33.4. The molecule has 0 aromatic heterocycles. The van der Waals surface area contributed by atoms with Gasteiger partial charge >= 0.3 is 5.97 Å². The number of carbonyl (C=O) groups is 5. The van der Waals surface area contributed by atoms with Crippen LogP contribution in [-0.2, 0) is 23.8 Å². The summed E-state index contributed by atoms with van der Waals surface area (Å²) < 4.78 is 23.9. The number of aliphatic hydroxyl groups is 2. The number of ketones is 3. The van der Waals surface area contributed by atoms with Gasteiger partial charge in [-0.3, -0.25) is 29.0 Å². The molecule has 0 saturated carbocycles. The minimum atomic E-state index is -1.99. The highest BCUT2D eigenvalue weighted by atomic mass is 16.7. The van der Waals surface area contributed by atoms with Gasteiger partial charge in [-0.25, -0.2) is 0 Å². The van der Waals surface area contributed by atoms with Gasteiger partial charge in [-0.1, -0.05) is 41.0 Å². The average Bonchev–Trinajstić information content (AvgIpc) is 3.46. The number of hydrogen-bond acceptors (Lipinski definition) is 15. The van der Waals surface area contributed by atoms with E-state index in [0.29, 0.717) is 45.4 Å². The van der Waals surface area contributed by atoms with Crippen molar-refractivity contribution in [2.75, 3.05) is 46.9 Å². The molecule has 16 nitrogen and oxygen atoms in total. The minimum Gasteiger partial charge on any atom is -0.507 e. The molecular weight excluding hydrogens is 764 g/mol. The van der Waals surface area contributed by atoms with Gasteiger partial charge in [0.15, 0.2) is 5.78 Å². The van der Waals surface area contributed by atoms with Crippen LogP contribution in [0.1, 0.15) is 111 Å². The Labute approximate surface area is 346 Å². The number of hydrazone groups is 1. The van der Waals surface area contributed by atoms with E-state index >= 15 is 0 Å². The van der Waals surface area contributed by atoms with E-state index in [1.807, 2.05) is 20.9 Å². The summed E-state index contributed by atoms with van der Waals surface area (Å²) >= 11 is 0. The van der Waals surface area contributed by atoms with Crippen molar-refractivity contribution in [1.82, 2.24) is 15.2 Å². The summed E-state index contributed by atoms with van der Waals surface area (Å²) in [4.78, 5) is 71.9. The number of aliphatic hydroxyl groups excluding tert-OH is 2. The maximum Gasteiger partial charge on any atom is 0.302 e. The highest BCUT2D eigenvalue weighted by Gasteiger charge is 2.52. The molecule has 1 fully saturated rings. The Balaban J connectivity index is 1.58. The second-order valence-corrected chi connectivity index (χ2v) is 17.1. The van der Waals surface area contributed by atoms with Gasteiger partial charge in [0.1, 0.15) is 23.3 Å². The Kier molecular flexibility index (Phi) is 14.4. The number of amides is 1. The summed E-state index contributed by atoms with van der Waals surface area (Å²) in [5.41, 5.74) is -1.60. The van der Waals surface area contributed by atoms with E-state index in [-0.39, 0.29) is 52.7 Å². The number of allylic oxidation sites excluding steroid dienone is 2. The van der Waals surface area contributed by atoms with E-state index in [4.69, 9.17) is 18.9 Å². The molecule has 1 aliphatic carbocycles. The number of phenols is 1. The van der Waals surface area contributed by atoms with Crippen LogP contribution in [0.4, 0.5) is 0 Å². The molecule has 4 N–H and O–H groups in total. The number of piperazine rings is 1. The van der Waals surface area contributed by atoms with E-state index in [0.717, 1.165) is 0 Å². The quantitative estimate of drug-likeness (QED) is 0.253. The van der Waals surface area contributed by atoms with Crippen molar-refractivity contribution in [3.8, 4) is 11.5 Å². The summed E-state index contributed by atoms with van der Waals surface area (Å²) in [6.07, 6.45) is -0.681. The summed E-state index contributed by atoms with van der Waals surface area (Å²) in [7, 11) is 3.47. The predicted octanol–water partition coefficient (Wildman–Crippen LogP) is 3.41. The lowest BCUT2D eigenvalue weighted by Gasteiger charge is -2.39. The molecule has 59 heavy (non-hydrogen) atoms. The third kappa shape index (κ3) is 9.26. The largest absolute Gasteiger partial charge is 0.507 e. The van der Waals surface area contributed by atoms with Gasteiger partial charge in [0.2, 0.25) is 17.5 Å².